The number of nitrogens with zero attached hydrogens (tertiary/aromatic N) is 2. The van der Waals surface area contributed by atoms with Crippen molar-refractivity contribution in [2.75, 3.05) is 26.7 Å². The van der Waals surface area contributed by atoms with Crippen molar-refractivity contribution < 1.29 is 22.4 Å². The first-order valence-electron chi connectivity index (χ1n) is 8.71. The molecule has 6 nitrogen and oxygen atoms in total. The molecule has 0 radical (unpaired) electrons. The molecule has 2 rings (SSSR count). The molecule has 0 saturated heterocycles. The first-order chi connectivity index (χ1) is 13.7. The fraction of sp³-hybridized carbons (Fsp3) is 0.389. The zero-order chi connectivity index (χ0) is 21.4. The van der Waals surface area contributed by atoms with Crippen molar-refractivity contribution in [1.29, 1.82) is 0 Å². The van der Waals surface area contributed by atoms with Crippen LogP contribution in [0.25, 0.3) is 0 Å². The van der Waals surface area contributed by atoms with E-state index in [4.69, 9.17) is 0 Å². The highest BCUT2D eigenvalue weighted by molar-refractivity contribution is 7.09. The number of hydrogen-bond donors (Lipinski definition) is 3. The number of carbonyl (C=O) groups excluding carboxylic acids is 1. The minimum Gasteiger partial charge on any atom is -0.356 e. The summed E-state index contributed by atoms with van der Waals surface area (Å²) in [7, 11) is 1.55. The Hall–Kier alpha value is -2.69. The summed E-state index contributed by atoms with van der Waals surface area (Å²) in [4.78, 5) is 19.5. The molecule has 2 aromatic rings. The fourth-order valence-corrected chi connectivity index (χ4v) is 3.06. The van der Waals surface area contributed by atoms with E-state index < -0.39 is 23.6 Å². The van der Waals surface area contributed by atoms with E-state index in [2.05, 4.69) is 25.9 Å². The maximum absolute atomic E-state index is 13.5. The van der Waals surface area contributed by atoms with Crippen LogP contribution in [0, 0.1) is 12.7 Å². The van der Waals surface area contributed by atoms with E-state index in [0.717, 1.165) is 16.7 Å². The number of rotatable bonds is 7. The Kier molecular flexibility index (Phi) is 7.94. The van der Waals surface area contributed by atoms with Crippen molar-refractivity contribution >= 4 is 23.2 Å². The molecule has 0 aliphatic heterocycles. The Balaban J connectivity index is 1.69. The molecule has 0 aliphatic rings. The van der Waals surface area contributed by atoms with Gasteiger partial charge in [0.05, 0.1) is 5.01 Å². The highest BCUT2D eigenvalue weighted by atomic mass is 32.1. The summed E-state index contributed by atoms with van der Waals surface area (Å²) >= 11 is 0.955. The van der Waals surface area contributed by atoms with Gasteiger partial charge in [0.1, 0.15) is 5.82 Å². The van der Waals surface area contributed by atoms with E-state index in [1.807, 2.05) is 0 Å². The largest absolute Gasteiger partial charge is 0.434 e. The second-order valence-electron chi connectivity index (χ2n) is 6.02. The monoisotopic (exact) mass is 431 g/mol. The smallest absolute Gasteiger partial charge is 0.356 e. The van der Waals surface area contributed by atoms with Gasteiger partial charge in [-0.2, -0.15) is 13.2 Å². The quantitative estimate of drug-likeness (QED) is 0.273. The third-order valence-electron chi connectivity index (χ3n) is 3.83. The van der Waals surface area contributed by atoms with E-state index in [9.17, 15) is 22.4 Å². The van der Waals surface area contributed by atoms with Crippen molar-refractivity contribution in [3.8, 4) is 0 Å². The molecule has 1 heterocycles. The Morgan fingerprint density at radius 2 is 1.86 bits per heavy atom. The number of thiazole rings is 1. The Morgan fingerprint density at radius 3 is 2.48 bits per heavy atom. The van der Waals surface area contributed by atoms with E-state index in [-0.39, 0.29) is 12.1 Å². The lowest BCUT2D eigenvalue weighted by Gasteiger charge is -2.12. The molecule has 1 aromatic carbocycles. The molecule has 29 heavy (non-hydrogen) atoms. The van der Waals surface area contributed by atoms with Crippen LogP contribution in [0.1, 0.15) is 26.6 Å². The van der Waals surface area contributed by atoms with Gasteiger partial charge < -0.3 is 16.0 Å². The maximum Gasteiger partial charge on any atom is 0.434 e. The van der Waals surface area contributed by atoms with Crippen molar-refractivity contribution in [3.05, 3.63) is 51.2 Å². The van der Waals surface area contributed by atoms with Crippen LogP contribution in [0.4, 0.5) is 17.6 Å². The average molecular weight is 431 g/mol. The second kappa shape index (κ2) is 10.2. The first-order valence-corrected chi connectivity index (χ1v) is 9.59. The van der Waals surface area contributed by atoms with Crippen LogP contribution in [0.2, 0.25) is 0 Å². The van der Waals surface area contributed by atoms with Crippen LogP contribution in [-0.2, 0) is 12.6 Å². The molecule has 0 unspecified atom stereocenters. The van der Waals surface area contributed by atoms with Gasteiger partial charge in [-0.15, -0.1) is 11.3 Å². The highest BCUT2D eigenvalue weighted by Crippen LogP contribution is 2.29. The lowest BCUT2D eigenvalue weighted by atomic mass is 10.1. The van der Waals surface area contributed by atoms with Gasteiger partial charge in [0.25, 0.3) is 5.91 Å². The molecule has 0 bridgehead atoms. The molecular formula is C18H21F4N5OS. The topological polar surface area (TPSA) is 78.4 Å². The summed E-state index contributed by atoms with van der Waals surface area (Å²) in [6.07, 6.45) is -4.12. The van der Waals surface area contributed by atoms with Crippen LogP contribution in [-0.4, -0.2) is 43.5 Å². The van der Waals surface area contributed by atoms with Crippen molar-refractivity contribution in [2.45, 2.75) is 19.5 Å². The van der Waals surface area contributed by atoms with Crippen molar-refractivity contribution in [3.63, 3.8) is 0 Å². The highest BCUT2D eigenvalue weighted by Gasteiger charge is 2.33. The molecular weight excluding hydrogens is 410 g/mol. The molecule has 1 aromatic heterocycles. The molecule has 3 N–H and O–H groups in total. The molecule has 0 spiro atoms. The van der Waals surface area contributed by atoms with Gasteiger partial charge in [-0.1, -0.05) is 6.07 Å². The van der Waals surface area contributed by atoms with Gasteiger partial charge in [0.15, 0.2) is 11.7 Å². The first kappa shape index (κ1) is 22.6. The number of hydrogen-bond acceptors (Lipinski definition) is 4. The minimum absolute atomic E-state index is 0.234. The number of amides is 1. The van der Waals surface area contributed by atoms with Gasteiger partial charge >= 0.3 is 6.18 Å². The molecule has 11 heteroatoms. The predicted molar refractivity (Wildman–Crippen MR) is 104 cm³/mol. The minimum atomic E-state index is -4.44. The maximum atomic E-state index is 13.5. The number of halogens is 4. The summed E-state index contributed by atoms with van der Waals surface area (Å²) in [5.41, 5.74) is -0.188. The molecule has 158 valence electrons. The number of aryl methyl sites for hydroxylation is 1. The summed E-state index contributed by atoms with van der Waals surface area (Å²) in [6, 6.07) is 4.26. The van der Waals surface area contributed by atoms with Crippen LogP contribution < -0.4 is 16.0 Å². The van der Waals surface area contributed by atoms with Crippen molar-refractivity contribution in [2.24, 2.45) is 4.99 Å². The number of benzene rings is 1. The van der Waals surface area contributed by atoms with E-state index in [0.29, 0.717) is 36.0 Å². The molecule has 0 aliphatic carbocycles. The Bertz CT molecular complexity index is 866. The summed E-state index contributed by atoms with van der Waals surface area (Å²) in [5.74, 6) is -0.394. The van der Waals surface area contributed by atoms with Gasteiger partial charge in [-0.05, 0) is 24.6 Å². The number of alkyl halides is 3. The average Bonchev–Trinajstić information content (AvgIpc) is 3.15. The van der Waals surface area contributed by atoms with Gasteiger partial charge in [0.2, 0.25) is 0 Å². The van der Waals surface area contributed by atoms with Crippen LogP contribution in [0.15, 0.2) is 28.6 Å². The standard InChI is InChI=1S/C18H21F4N5OS/c1-11-3-4-12(9-13(11)19)16(28)24-7-8-26-17(23-2)25-6-5-15-27-14(10-29-15)18(20,21)22/h3-4,9-10H,5-8H2,1-2H3,(H,24,28)(H2,23,25,26). The number of aliphatic imine (C=N–C) groups is 1. The van der Waals surface area contributed by atoms with Gasteiger partial charge in [-0.25, -0.2) is 9.37 Å². The van der Waals surface area contributed by atoms with Crippen LogP contribution in [0.5, 0.6) is 0 Å². The predicted octanol–water partition coefficient (Wildman–Crippen LogP) is 2.75. The zero-order valence-electron chi connectivity index (χ0n) is 15.9. The summed E-state index contributed by atoms with van der Waals surface area (Å²) in [6.45, 7) is 2.59. The third-order valence-corrected chi connectivity index (χ3v) is 4.74. The molecule has 0 saturated carbocycles. The molecule has 0 atom stereocenters. The van der Waals surface area contributed by atoms with Crippen LogP contribution >= 0.6 is 11.3 Å². The molecule has 0 fully saturated rings. The Morgan fingerprint density at radius 1 is 1.17 bits per heavy atom. The zero-order valence-corrected chi connectivity index (χ0v) is 16.7. The lowest BCUT2D eigenvalue weighted by molar-refractivity contribution is -0.140. The second-order valence-corrected chi connectivity index (χ2v) is 6.96. The van der Waals surface area contributed by atoms with E-state index in [1.165, 1.54) is 12.1 Å². The molecule has 1 amide bonds. The fourth-order valence-electron chi connectivity index (χ4n) is 2.26. The summed E-state index contributed by atoms with van der Waals surface area (Å²) in [5, 5.41) is 9.95. The normalized spacial score (nSPS) is 12.0. The third kappa shape index (κ3) is 7.00. The number of nitrogens with one attached hydrogen (secondary N) is 3. The summed E-state index contributed by atoms with van der Waals surface area (Å²) < 4.78 is 51.1. The SMILES string of the molecule is CN=C(NCCNC(=O)c1ccc(C)c(F)c1)NCCc1nc(C(F)(F)F)cs1. The van der Waals surface area contributed by atoms with E-state index in [1.54, 1.807) is 20.0 Å². The number of guanidine groups is 1. The van der Waals surface area contributed by atoms with Crippen molar-refractivity contribution in [1.82, 2.24) is 20.9 Å². The lowest BCUT2D eigenvalue weighted by Crippen LogP contribution is -2.42. The van der Waals surface area contributed by atoms with Gasteiger partial charge in [-0.3, -0.25) is 9.79 Å². The van der Waals surface area contributed by atoms with Gasteiger partial charge in [0, 0.05) is 44.0 Å². The van der Waals surface area contributed by atoms with E-state index >= 15 is 0 Å². The van der Waals surface area contributed by atoms with Crippen LogP contribution in [0.3, 0.4) is 0 Å². The number of carbonyl (C=O) groups is 1. The number of aromatic nitrogens is 1. The Labute approximate surface area is 169 Å².